The van der Waals surface area contributed by atoms with E-state index >= 15 is 0 Å². The molecule has 0 saturated heterocycles. The van der Waals surface area contributed by atoms with E-state index in [1.54, 1.807) is 13.2 Å². The van der Waals surface area contributed by atoms with Crippen LogP contribution in [0.4, 0.5) is 0 Å². The minimum Gasteiger partial charge on any atom is -0.504 e. The summed E-state index contributed by atoms with van der Waals surface area (Å²) in [7, 11) is 1.65. The number of benzene rings is 2. The molecule has 2 unspecified atom stereocenters. The zero-order valence-electron chi connectivity index (χ0n) is 13.7. The third kappa shape index (κ3) is 3.32. The molecule has 0 radical (unpaired) electrons. The molecule has 24 heavy (non-hydrogen) atoms. The summed E-state index contributed by atoms with van der Waals surface area (Å²) >= 11 is 0. The van der Waals surface area contributed by atoms with Crippen LogP contribution in [0.2, 0.25) is 0 Å². The smallest absolute Gasteiger partial charge is 0.161 e. The van der Waals surface area contributed by atoms with Crippen molar-refractivity contribution in [3.05, 3.63) is 53.1 Å². The minimum absolute atomic E-state index is 0.0558. The summed E-state index contributed by atoms with van der Waals surface area (Å²) in [5.74, 6) is 0.601. The molecular weight excluding hydrogens is 306 g/mol. The van der Waals surface area contributed by atoms with Crippen LogP contribution in [-0.2, 0) is 12.8 Å². The predicted octanol–water partition coefficient (Wildman–Crippen LogP) is 2.29. The van der Waals surface area contributed by atoms with Crippen molar-refractivity contribution in [1.82, 2.24) is 5.32 Å². The molecular formula is C19H23NO4. The summed E-state index contributed by atoms with van der Waals surface area (Å²) in [4.78, 5) is 0. The fourth-order valence-corrected chi connectivity index (χ4v) is 3.26. The minimum atomic E-state index is -0.684. The number of nitrogens with one attached hydrogen (secondary N) is 1. The van der Waals surface area contributed by atoms with E-state index in [4.69, 9.17) is 4.74 Å². The van der Waals surface area contributed by atoms with E-state index in [2.05, 4.69) is 5.32 Å². The Balaban J connectivity index is 1.59. The zero-order valence-corrected chi connectivity index (χ0v) is 13.7. The monoisotopic (exact) mass is 329 g/mol. The molecule has 0 aliphatic heterocycles. The molecule has 0 spiro atoms. The SMILES string of the molecule is COc1ccc(CCNC2CCc3c(ccc(O)c3O)C2O)cc1. The van der Waals surface area contributed by atoms with Gasteiger partial charge in [-0.05, 0) is 55.1 Å². The number of fused-ring (bicyclic) bond motifs is 1. The van der Waals surface area contributed by atoms with Crippen molar-refractivity contribution in [1.29, 1.82) is 0 Å². The van der Waals surface area contributed by atoms with Crippen molar-refractivity contribution in [2.24, 2.45) is 0 Å². The number of aromatic hydroxyl groups is 2. The number of rotatable bonds is 5. The molecule has 0 saturated carbocycles. The Labute approximate surface area is 141 Å². The summed E-state index contributed by atoms with van der Waals surface area (Å²) in [6, 6.07) is 11.0. The third-order valence-corrected chi connectivity index (χ3v) is 4.68. The van der Waals surface area contributed by atoms with E-state index in [-0.39, 0.29) is 17.5 Å². The summed E-state index contributed by atoms with van der Waals surface area (Å²) < 4.78 is 5.15. The van der Waals surface area contributed by atoms with Crippen LogP contribution in [0.5, 0.6) is 17.2 Å². The van der Waals surface area contributed by atoms with Gasteiger partial charge in [-0.25, -0.2) is 0 Å². The first-order valence-corrected chi connectivity index (χ1v) is 8.18. The predicted molar refractivity (Wildman–Crippen MR) is 91.5 cm³/mol. The Bertz CT molecular complexity index is 699. The zero-order chi connectivity index (χ0) is 17.1. The molecule has 1 aliphatic carbocycles. The molecule has 4 N–H and O–H groups in total. The second kappa shape index (κ2) is 7.11. The number of hydrogen-bond acceptors (Lipinski definition) is 5. The van der Waals surface area contributed by atoms with Crippen molar-refractivity contribution < 1.29 is 20.1 Å². The molecule has 0 fully saturated rings. The highest BCUT2D eigenvalue weighted by Crippen LogP contribution is 2.39. The van der Waals surface area contributed by atoms with Crippen molar-refractivity contribution in [2.45, 2.75) is 31.4 Å². The van der Waals surface area contributed by atoms with E-state index in [1.165, 1.54) is 11.6 Å². The van der Waals surface area contributed by atoms with Crippen molar-refractivity contribution in [3.8, 4) is 17.2 Å². The molecule has 3 rings (SSSR count). The lowest BCUT2D eigenvalue weighted by Crippen LogP contribution is -2.39. The first-order chi connectivity index (χ1) is 11.6. The molecule has 2 aromatic rings. The lowest BCUT2D eigenvalue weighted by atomic mass is 9.85. The molecule has 2 atom stereocenters. The molecule has 0 amide bonds. The molecule has 5 heteroatoms. The Morgan fingerprint density at radius 2 is 1.88 bits per heavy atom. The average molecular weight is 329 g/mol. The topological polar surface area (TPSA) is 82.0 Å². The number of aliphatic hydroxyl groups excluding tert-OH is 1. The van der Waals surface area contributed by atoms with Gasteiger partial charge in [0, 0.05) is 11.6 Å². The fraction of sp³-hybridized carbons (Fsp3) is 0.368. The van der Waals surface area contributed by atoms with Gasteiger partial charge < -0.3 is 25.4 Å². The molecule has 1 aliphatic rings. The first kappa shape index (κ1) is 16.6. The molecule has 0 bridgehead atoms. The molecule has 5 nitrogen and oxygen atoms in total. The second-order valence-electron chi connectivity index (χ2n) is 6.14. The first-order valence-electron chi connectivity index (χ1n) is 8.18. The number of ether oxygens (including phenoxy) is 1. The Morgan fingerprint density at radius 3 is 2.58 bits per heavy atom. The maximum Gasteiger partial charge on any atom is 0.161 e. The Hall–Kier alpha value is -2.24. The van der Waals surface area contributed by atoms with Gasteiger partial charge in [0.25, 0.3) is 0 Å². The molecule has 0 aromatic heterocycles. The van der Waals surface area contributed by atoms with Crippen LogP contribution >= 0.6 is 0 Å². The van der Waals surface area contributed by atoms with Crippen LogP contribution in [0.15, 0.2) is 36.4 Å². The number of aliphatic hydroxyl groups is 1. The van der Waals surface area contributed by atoms with Gasteiger partial charge >= 0.3 is 0 Å². The number of hydrogen-bond donors (Lipinski definition) is 4. The maximum atomic E-state index is 10.5. The standard InChI is InChI=1S/C19H23NO4/c1-24-13-4-2-12(3-5-13)10-11-20-16-8-6-15-14(18(16)22)7-9-17(21)19(15)23/h2-5,7,9,16,18,20-23H,6,8,10-11H2,1H3. The Kier molecular flexibility index (Phi) is 4.92. The van der Waals surface area contributed by atoms with Crippen LogP contribution in [-0.4, -0.2) is 35.0 Å². The largest absolute Gasteiger partial charge is 0.504 e. The summed E-state index contributed by atoms with van der Waals surface area (Å²) in [6.45, 7) is 0.757. The highest BCUT2D eigenvalue weighted by molar-refractivity contribution is 5.51. The molecule has 2 aromatic carbocycles. The summed E-state index contributed by atoms with van der Waals surface area (Å²) in [6.07, 6.45) is 1.53. The lowest BCUT2D eigenvalue weighted by molar-refractivity contribution is 0.114. The highest BCUT2D eigenvalue weighted by atomic mass is 16.5. The van der Waals surface area contributed by atoms with Crippen molar-refractivity contribution in [3.63, 3.8) is 0 Å². The van der Waals surface area contributed by atoms with Gasteiger partial charge in [-0.3, -0.25) is 0 Å². The maximum absolute atomic E-state index is 10.5. The third-order valence-electron chi connectivity index (χ3n) is 4.68. The average Bonchev–Trinajstić information content (AvgIpc) is 2.61. The van der Waals surface area contributed by atoms with Gasteiger partial charge in [-0.2, -0.15) is 0 Å². The normalized spacial score (nSPS) is 19.8. The van der Waals surface area contributed by atoms with E-state index in [1.807, 2.05) is 24.3 Å². The highest BCUT2D eigenvalue weighted by Gasteiger charge is 2.29. The van der Waals surface area contributed by atoms with Gasteiger partial charge in [0.1, 0.15) is 5.75 Å². The van der Waals surface area contributed by atoms with Crippen LogP contribution < -0.4 is 10.1 Å². The number of phenolic OH excluding ortho intramolecular Hbond substituents is 2. The van der Waals surface area contributed by atoms with E-state index in [0.717, 1.165) is 18.7 Å². The van der Waals surface area contributed by atoms with Crippen LogP contribution in [0.3, 0.4) is 0 Å². The van der Waals surface area contributed by atoms with Gasteiger partial charge in [-0.1, -0.05) is 18.2 Å². The lowest BCUT2D eigenvalue weighted by Gasteiger charge is -2.31. The van der Waals surface area contributed by atoms with E-state index < -0.39 is 6.10 Å². The van der Waals surface area contributed by atoms with Gasteiger partial charge in [-0.15, -0.1) is 0 Å². The van der Waals surface area contributed by atoms with Crippen LogP contribution in [0.25, 0.3) is 0 Å². The summed E-state index contributed by atoms with van der Waals surface area (Å²) in [5, 5.41) is 33.4. The molecule has 0 heterocycles. The number of methoxy groups -OCH3 is 1. The van der Waals surface area contributed by atoms with E-state index in [0.29, 0.717) is 24.0 Å². The fourth-order valence-electron chi connectivity index (χ4n) is 3.26. The summed E-state index contributed by atoms with van der Waals surface area (Å²) in [5.41, 5.74) is 2.55. The van der Waals surface area contributed by atoms with Gasteiger partial charge in [0.2, 0.25) is 0 Å². The van der Waals surface area contributed by atoms with Crippen molar-refractivity contribution in [2.75, 3.05) is 13.7 Å². The molecule has 128 valence electrons. The second-order valence-corrected chi connectivity index (χ2v) is 6.14. The van der Waals surface area contributed by atoms with Gasteiger partial charge in [0.15, 0.2) is 11.5 Å². The van der Waals surface area contributed by atoms with Gasteiger partial charge in [0.05, 0.1) is 13.2 Å². The Morgan fingerprint density at radius 1 is 1.12 bits per heavy atom. The van der Waals surface area contributed by atoms with E-state index in [9.17, 15) is 15.3 Å². The van der Waals surface area contributed by atoms with Crippen LogP contribution in [0.1, 0.15) is 29.2 Å². The quantitative estimate of drug-likeness (QED) is 0.633. The number of phenols is 2. The van der Waals surface area contributed by atoms with Crippen LogP contribution in [0, 0.1) is 0 Å². The van der Waals surface area contributed by atoms with Crippen molar-refractivity contribution >= 4 is 0 Å².